The number of nitrogens with two attached hydrogens (primary N) is 1. The van der Waals surface area contributed by atoms with Crippen LogP contribution in [0, 0.1) is 5.92 Å². The van der Waals surface area contributed by atoms with Crippen LogP contribution in [-0.2, 0) is 7.05 Å². The Hall–Kier alpha value is -1.36. The van der Waals surface area contributed by atoms with Crippen molar-refractivity contribution >= 4 is 5.91 Å². The zero-order valence-corrected chi connectivity index (χ0v) is 10.8. The minimum absolute atomic E-state index is 0.0117. The summed E-state index contributed by atoms with van der Waals surface area (Å²) in [5.41, 5.74) is 6.46. The van der Waals surface area contributed by atoms with Crippen LogP contribution >= 0.6 is 0 Å². The molecule has 1 heterocycles. The molecule has 0 aliphatic carbocycles. The lowest BCUT2D eigenvalue weighted by Crippen LogP contribution is -2.41. The van der Waals surface area contributed by atoms with Gasteiger partial charge in [-0.1, -0.05) is 26.7 Å². The maximum atomic E-state index is 11.7. The molecule has 0 bridgehead atoms. The predicted octanol–water partition coefficient (Wildman–Crippen LogP) is 0.913. The first-order valence-corrected chi connectivity index (χ1v) is 6.10. The standard InChI is InChI=1S/C12H22N4O/c1-4-9(5-2)10(13)6-14-12(17)11-7-16(3)8-15-11/h7-10H,4-6,13H2,1-3H3,(H,14,17). The number of aryl methyl sites for hydroxylation is 1. The van der Waals surface area contributed by atoms with Crippen LogP contribution in [0.2, 0.25) is 0 Å². The van der Waals surface area contributed by atoms with Crippen molar-refractivity contribution in [2.75, 3.05) is 6.54 Å². The van der Waals surface area contributed by atoms with Crippen LogP contribution in [-0.4, -0.2) is 28.0 Å². The summed E-state index contributed by atoms with van der Waals surface area (Å²) >= 11 is 0. The number of carbonyl (C=O) groups is 1. The van der Waals surface area contributed by atoms with Crippen LogP contribution in [0.5, 0.6) is 0 Å². The van der Waals surface area contributed by atoms with Gasteiger partial charge in [-0.3, -0.25) is 4.79 Å². The fraction of sp³-hybridized carbons (Fsp3) is 0.667. The molecule has 1 rings (SSSR count). The van der Waals surface area contributed by atoms with Gasteiger partial charge in [-0.2, -0.15) is 0 Å². The molecule has 1 atom stereocenters. The van der Waals surface area contributed by atoms with E-state index in [0.717, 1.165) is 12.8 Å². The Morgan fingerprint density at radius 3 is 2.65 bits per heavy atom. The highest BCUT2D eigenvalue weighted by atomic mass is 16.1. The number of amides is 1. The van der Waals surface area contributed by atoms with Gasteiger partial charge in [0.1, 0.15) is 5.69 Å². The Balaban J connectivity index is 2.43. The quantitative estimate of drug-likeness (QED) is 0.774. The second kappa shape index (κ2) is 6.39. The van der Waals surface area contributed by atoms with Gasteiger partial charge in [-0.05, 0) is 5.92 Å². The van der Waals surface area contributed by atoms with Gasteiger partial charge in [0, 0.05) is 25.8 Å². The summed E-state index contributed by atoms with van der Waals surface area (Å²) in [6, 6.07) is 0.0117. The molecule has 0 aliphatic heterocycles. The normalized spacial score (nSPS) is 12.8. The van der Waals surface area contributed by atoms with E-state index in [0.29, 0.717) is 18.2 Å². The molecule has 1 aromatic heterocycles. The number of rotatable bonds is 6. The maximum absolute atomic E-state index is 11.7. The Morgan fingerprint density at radius 1 is 1.53 bits per heavy atom. The number of nitrogens with zero attached hydrogens (tertiary/aromatic N) is 2. The molecule has 5 nitrogen and oxygen atoms in total. The topological polar surface area (TPSA) is 72.9 Å². The van der Waals surface area contributed by atoms with Crippen LogP contribution in [0.15, 0.2) is 12.5 Å². The largest absolute Gasteiger partial charge is 0.349 e. The molecule has 0 spiro atoms. The average molecular weight is 238 g/mol. The molecule has 3 N–H and O–H groups in total. The molecule has 5 heteroatoms. The minimum atomic E-state index is -0.160. The Labute approximate surface area is 102 Å². The van der Waals surface area contributed by atoms with E-state index in [9.17, 15) is 4.79 Å². The zero-order valence-electron chi connectivity index (χ0n) is 10.8. The van der Waals surface area contributed by atoms with E-state index in [2.05, 4.69) is 24.1 Å². The molecule has 0 saturated heterocycles. The summed E-state index contributed by atoms with van der Waals surface area (Å²) in [7, 11) is 1.83. The van der Waals surface area contributed by atoms with Crippen molar-refractivity contribution in [3.8, 4) is 0 Å². The van der Waals surface area contributed by atoms with Gasteiger partial charge in [-0.15, -0.1) is 0 Å². The molecule has 0 fully saturated rings. The SMILES string of the molecule is CCC(CC)C(N)CNC(=O)c1cn(C)cn1. The average Bonchev–Trinajstić information content (AvgIpc) is 2.74. The van der Waals surface area contributed by atoms with Crippen LogP contribution in [0.4, 0.5) is 0 Å². The lowest BCUT2D eigenvalue weighted by Gasteiger charge is -2.21. The van der Waals surface area contributed by atoms with Gasteiger partial charge >= 0.3 is 0 Å². The van der Waals surface area contributed by atoms with Gasteiger partial charge in [0.25, 0.3) is 5.91 Å². The van der Waals surface area contributed by atoms with E-state index in [-0.39, 0.29) is 11.9 Å². The molecule has 0 aliphatic rings. The first kappa shape index (κ1) is 13.7. The Morgan fingerprint density at radius 2 is 2.18 bits per heavy atom. The fourth-order valence-electron chi connectivity index (χ4n) is 1.89. The van der Waals surface area contributed by atoms with E-state index in [1.54, 1.807) is 17.1 Å². The first-order chi connectivity index (χ1) is 8.08. The Kier molecular flexibility index (Phi) is 5.15. The summed E-state index contributed by atoms with van der Waals surface area (Å²) in [6.07, 6.45) is 5.38. The highest BCUT2D eigenvalue weighted by Crippen LogP contribution is 2.10. The third-order valence-electron chi connectivity index (χ3n) is 3.09. The number of aromatic nitrogens is 2. The Bertz CT molecular complexity index is 357. The summed E-state index contributed by atoms with van der Waals surface area (Å²) in [5, 5.41) is 2.82. The molecule has 17 heavy (non-hydrogen) atoms. The number of imidazole rings is 1. The van der Waals surface area contributed by atoms with Crippen molar-refractivity contribution in [3.05, 3.63) is 18.2 Å². The van der Waals surface area contributed by atoms with Gasteiger partial charge in [0.05, 0.1) is 6.33 Å². The van der Waals surface area contributed by atoms with Crippen LogP contribution in [0.1, 0.15) is 37.2 Å². The van der Waals surface area contributed by atoms with Crippen molar-refractivity contribution in [2.24, 2.45) is 18.7 Å². The molecule has 0 saturated carbocycles. The summed E-state index contributed by atoms with van der Waals surface area (Å²) in [5.74, 6) is 0.297. The first-order valence-electron chi connectivity index (χ1n) is 6.10. The van der Waals surface area contributed by atoms with E-state index in [4.69, 9.17) is 5.73 Å². The van der Waals surface area contributed by atoms with E-state index in [1.165, 1.54) is 0 Å². The van der Waals surface area contributed by atoms with Gasteiger partial charge in [-0.25, -0.2) is 4.98 Å². The molecule has 1 unspecified atom stereocenters. The summed E-state index contributed by atoms with van der Waals surface area (Å²) < 4.78 is 1.75. The molecule has 0 radical (unpaired) electrons. The second-order valence-corrected chi connectivity index (χ2v) is 4.37. The minimum Gasteiger partial charge on any atom is -0.349 e. The summed E-state index contributed by atoms with van der Waals surface area (Å²) in [4.78, 5) is 15.7. The lowest BCUT2D eigenvalue weighted by atomic mass is 9.95. The van der Waals surface area contributed by atoms with Crippen LogP contribution in [0.25, 0.3) is 0 Å². The molecular formula is C12H22N4O. The molecular weight excluding hydrogens is 216 g/mol. The summed E-state index contributed by atoms with van der Waals surface area (Å²) in [6.45, 7) is 4.74. The third kappa shape index (κ3) is 3.85. The fourth-order valence-corrected chi connectivity index (χ4v) is 1.89. The van der Waals surface area contributed by atoms with Crippen molar-refractivity contribution in [1.82, 2.24) is 14.9 Å². The number of carbonyl (C=O) groups excluding carboxylic acids is 1. The zero-order chi connectivity index (χ0) is 12.8. The highest BCUT2D eigenvalue weighted by Gasteiger charge is 2.16. The van der Waals surface area contributed by atoms with Crippen LogP contribution < -0.4 is 11.1 Å². The molecule has 96 valence electrons. The number of nitrogens with one attached hydrogen (secondary N) is 1. The monoisotopic (exact) mass is 238 g/mol. The molecule has 0 aromatic carbocycles. The second-order valence-electron chi connectivity index (χ2n) is 4.37. The number of hydrogen-bond donors (Lipinski definition) is 2. The van der Waals surface area contributed by atoms with Gasteiger partial charge in [0.2, 0.25) is 0 Å². The maximum Gasteiger partial charge on any atom is 0.271 e. The molecule has 1 amide bonds. The van der Waals surface area contributed by atoms with Crippen molar-refractivity contribution in [3.63, 3.8) is 0 Å². The lowest BCUT2D eigenvalue weighted by molar-refractivity contribution is 0.0943. The van der Waals surface area contributed by atoms with E-state index < -0.39 is 0 Å². The van der Waals surface area contributed by atoms with Crippen molar-refractivity contribution in [1.29, 1.82) is 0 Å². The highest BCUT2D eigenvalue weighted by molar-refractivity contribution is 5.92. The molecule has 1 aromatic rings. The van der Waals surface area contributed by atoms with E-state index in [1.807, 2.05) is 7.05 Å². The van der Waals surface area contributed by atoms with Crippen molar-refractivity contribution in [2.45, 2.75) is 32.7 Å². The third-order valence-corrected chi connectivity index (χ3v) is 3.09. The van der Waals surface area contributed by atoms with E-state index >= 15 is 0 Å². The smallest absolute Gasteiger partial charge is 0.271 e. The van der Waals surface area contributed by atoms with Crippen LogP contribution in [0.3, 0.4) is 0 Å². The van der Waals surface area contributed by atoms with Gasteiger partial charge < -0.3 is 15.6 Å². The van der Waals surface area contributed by atoms with Gasteiger partial charge in [0.15, 0.2) is 0 Å². The predicted molar refractivity (Wildman–Crippen MR) is 67.6 cm³/mol. The van der Waals surface area contributed by atoms with Crippen molar-refractivity contribution < 1.29 is 4.79 Å². The number of hydrogen-bond acceptors (Lipinski definition) is 3.